The minimum atomic E-state index is -0.570. The van der Waals surface area contributed by atoms with E-state index in [2.05, 4.69) is 22.3 Å². The molecule has 2 aromatic rings. The number of likely N-dealkylation sites (tertiary alicyclic amines) is 1. The standard InChI is InChI=1S/C22H27FN2O2/c1-22(2,3)27-21(26)24-20-15-25(13-16-9-5-4-6-10-16)14-18(20)17-11-7-8-12-19(17)23/h4-12,18,20H,13-15H2,1-3H3,(H,24,26)/t18-,20-/m0/s1. The summed E-state index contributed by atoms with van der Waals surface area (Å²) in [6.07, 6.45) is -0.463. The summed E-state index contributed by atoms with van der Waals surface area (Å²) in [6, 6.07) is 16.7. The summed E-state index contributed by atoms with van der Waals surface area (Å²) in [5.41, 5.74) is 1.26. The zero-order chi connectivity index (χ0) is 19.4. The summed E-state index contributed by atoms with van der Waals surface area (Å²) < 4.78 is 19.8. The van der Waals surface area contributed by atoms with Crippen molar-refractivity contribution in [2.45, 2.75) is 44.9 Å². The molecule has 1 fully saturated rings. The number of amides is 1. The van der Waals surface area contributed by atoms with Gasteiger partial charge in [-0.15, -0.1) is 0 Å². The maximum atomic E-state index is 14.4. The van der Waals surface area contributed by atoms with Crippen molar-refractivity contribution in [3.63, 3.8) is 0 Å². The smallest absolute Gasteiger partial charge is 0.407 e. The predicted octanol–water partition coefficient (Wildman–Crippen LogP) is 4.32. The molecule has 0 unspecified atom stereocenters. The van der Waals surface area contributed by atoms with E-state index in [4.69, 9.17) is 4.74 Å². The average Bonchev–Trinajstić information content (AvgIpc) is 2.96. The van der Waals surface area contributed by atoms with Gasteiger partial charge in [0.05, 0.1) is 6.04 Å². The summed E-state index contributed by atoms with van der Waals surface area (Å²) in [4.78, 5) is 14.5. The molecule has 5 heteroatoms. The molecular formula is C22H27FN2O2. The average molecular weight is 370 g/mol. The Morgan fingerprint density at radius 1 is 1.11 bits per heavy atom. The molecule has 1 amide bonds. The summed E-state index contributed by atoms with van der Waals surface area (Å²) >= 11 is 0. The van der Waals surface area contributed by atoms with Gasteiger partial charge in [0.25, 0.3) is 0 Å². The lowest BCUT2D eigenvalue weighted by Gasteiger charge is -2.24. The zero-order valence-corrected chi connectivity index (χ0v) is 16.1. The minimum Gasteiger partial charge on any atom is -0.444 e. The number of nitrogens with zero attached hydrogens (tertiary/aromatic N) is 1. The molecule has 3 rings (SSSR count). The normalized spacial score (nSPS) is 20.4. The van der Waals surface area contributed by atoms with Gasteiger partial charge >= 0.3 is 6.09 Å². The third kappa shape index (κ3) is 5.30. The Hall–Kier alpha value is -2.40. The molecule has 1 N–H and O–H groups in total. The van der Waals surface area contributed by atoms with Gasteiger partial charge in [-0.25, -0.2) is 9.18 Å². The van der Waals surface area contributed by atoms with Crippen molar-refractivity contribution in [1.29, 1.82) is 0 Å². The number of rotatable bonds is 4. The number of nitrogens with one attached hydrogen (secondary N) is 1. The molecule has 27 heavy (non-hydrogen) atoms. The molecule has 0 bridgehead atoms. The number of hydrogen-bond acceptors (Lipinski definition) is 3. The van der Waals surface area contributed by atoms with Gasteiger partial charge in [0.1, 0.15) is 11.4 Å². The number of halogens is 1. The Balaban J connectivity index is 1.77. The van der Waals surface area contributed by atoms with Gasteiger partial charge in [0, 0.05) is 25.6 Å². The molecule has 0 aromatic heterocycles. The highest BCUT2D eigenvalue weighted by Gasteiger charge is 2.36. The minimum absolute atomic E-state index is 0.123. The first-order chi connectivity index (χ1) is 12.8. The van der Waals surface area contributed by atoms with Crippen LogP contribution in [-0.4, -0.2) is 35.7 Å². The van der Waals surface area contributed by atoms with Crippen molar-refractivity contribution in [3.05, 3.63) is 71.5 Å². The van der Waals surface area contributed by atoms with Gasteiger partial charge in [-0.1, -0.05) is 48.5 Å². The number of hydrogen-bond donors (Lipinski definition) is 1. The van der Waals surface area contributed by atoms with Gasteiger partial charge in [-0.3, -0.25) is 4.90 Å². The van der Waals surface area contributed by atoms with E-state index >= 15 is 0 Å². The van der Waals surface area contributed by atoms with E-state index in [1.54, 1.807) is 12.1 Å². The van der Waals surface area contributed by atoms with Crippen molar-refractivity contribution < 1.29 is 13.9 Å². The maximum absolute atomic E-state index is 14.4. The maximum Gasteiger partial charge on any atom is 0.407 e. The third-order valence-corrected chi connectivity index (χ3v) is 4.65. The van der Waals surface area contributed by atoms with Crippen molar-refractivity contribution in [2.75, 3.05) is 13.1 Å². The van der Waals surface area contributed by atoms with E-state index < -0.39 is 11.7 Å². The van der Waals surface area contributed by atoms with Crippen molar-refractivity contribution in [1.82, 2.24) is 10.2 Å². The molecule has 1 heterocycles. The molecule has 0 saturated carbocycles. The topological polar surface area (TPSA) is 41.6 Å². The second-order valence-electron chi connectivity index (χ2n) is 8.06. The Morgan fingerprint density at radius 3 is 2.44 bits per heavy atom. The monoisotopic (exact) mass is 370 g/mol. The fraction of sp³-hybridized carbons (Fsp3) is 0.409. The van der Waals surface area contributed by atoms with Gasteiger partial charge in [-0.05, 0) is 38.0 Å². The highest BCUT2D eigenvalue weighted by atomic mass is 19.1. The molecule has 0 spiro atoms. The summed E-state index contributed by atoms with van der Waals surface area (Å²) in [7, 11) is 0. The second-order valence-corrected chi connectivity index (χ2v) is 8.06. The van der Waals surface area contributed by atoms with Gasteiger partial charge in [-0.2, -0.15) is 0 Å². The van der Waals surface area contributed by atoms with E-state index in [-0.39, 0.29) is 17.8 Å². The molecule has 4 nitrogen and oxygen atoms in total. The SMILES string of the molecule is CC(C)(C)OC(=O)N[C@H]1CN(Cc2ccccc2)C[C@H]1c1ccccc1F. The molecule has 144 valence electrons. The Morgan fingerprint density at radius 2 is 1.78 bits per heavy atom. The van der Waals surface area contributed by atoms with E-state index in [9.17, 15) is 9.18 Å². The fourth-order valence-corrected chi connectivity index (χ4v) is 3.55. The summed E-state index contributed by atoms with van der Waals surface area (Å²) in [6.45, 7) is 7.58. The molecule has 1 saturated heterocycles. The number of benzene rings is 2. The van der Waals surface area contributed by atoms with Crippen LogP contribution in [0.25, 0.3) is 0 Å². The lowest BCUT2D eigenvalue weighted by atomic mass is 9.94. The van der Waals surface area contributed by atoms with Crippen molar-refractivity contribution in [2.24, 2.45) is 0 Å². The van der Waals surface area contributed by atoms with Crippen LogP contribution in [0.4, 0.5) is 9.18 Å². The Bertz CT molecular complexity index is 773. The first-order valence-corrected chi connectivity index (χ1v) is 9.32. The quantitative estimate of drug-likeness (QED) is 0.872. The number of alkyl carbamates (subject to hydrolysis) is 1. The Kier molecular flexibility index (Phi) is 5.80. The number of carbonyl (C=O) groups excluding carboxylic acids is 1. The van der Waals surface area contributed by atoms with Crippen LogP contribution < -0.4 is 5.32 Å². The van der Waals surface area contributed by atoms with Gasteiger partial charge in [0.2, 0.25) is 0 Å². The van der Waals surface area contributed by atoms with Crippen LogP contribution >= 0.6 is 0 Å². The van der Waals surface area contributed by atoms with E-state index in [1.165, 1.54) is 11.6 Å². The van der Waals surface area contributed by atoms with E-state index in [1.807, 2.05) is 45.0 Å². The fourth-order valence-electron chi connectivity index (χ4n) is 3.55. The van der Waals surface area contributed by atoms with Crippen LogP contribution in [0.15, 0.2) is 54.6 Å². The molecule has 0 aliphatic carbocycles. The predicted molar refractivity (Wildman–Crippen MR) is 104 cm³/mol. The second kappa shape index (κ2) is 8.09. The summed E-state index contributed by atoms with van der Waals surface area (Å²) in [5, 5.41) is 2.96. The van der Waals surface area contributed by atoms with Crippen LogP contribution in [0.3, 0.4) is 0 Å². The first-order valence-electron chi connectivity index (χ1n) is 9.32. The first kappa shape index (κ1) is 19.4. The van der Waals surface area contributed by atoms with Crippen LogP contribution in [0.1, 0.15) is 37.8 Å². The van der Waals surface area contributed by atoms with Crippen LogP contribution in [0.5, 0.6) is 0 Å². The molecule has 0 radical (unpaired) electrons. The number of ether oxygens (including phenoxy) is 1. The Labute approximate surface area is 160 Å². The molecule has 2 aromatic carbocycles. The summed E-state index contributed by atoms with van der Waals surface area (Å²) in [5.74, 6) is -0.359. The lowest BCUT2D eigenvalue weighted by Crippen LogP contribution is -2.42. The van der Waals surface area contributed by atoms with Crippen LogP contribution in [0.2, 0.25) is 0 Å². The molecule has 1 aliphatic heterocycles. The van der Waals surface area contributed by atoms with Crippen molar-refractivity contribution >= 4 is 6.09 Å². The molecule has 2 atom stereocenters. The highest BCUT2D eigenvalue weighted by molar-refractivity contribution is 5.68. The van der Waals surface area contributed by atoms with Gasteiger partial charge < -0.3 is 10.1 Å². The van der Waals surface area contributed by atoms with E-state index in [0.29, 0.717) is 18.7 Å². The lowest BCUT2D eigenvalue weighted by molar-refractivity contribution is 0.0502. The van der Waals surface area contributed by atoms with Crippen LogP contribution in [0, 0.1) is 5.82 Å². The van der Waals surface area contributed by atoms with E-state index in [0.717, 1.165) is 6.54 Å². The number of carbonyl (C=O) groups is 1. The molecular weight excluding hydrogens is 343 g/mol. The van der Waals surface area contributed by atoms with Gasteiger partial charge in [0.15, 0.2) is 0 Å². The highest BCUT2D eigenvalue weighted by Crippen LogP contribution is 2.30. The van der Waals surface area contributed by atoms with Crippen molar-refractivity contribution in [3.8, 4) is 0 Å². The largest absolute Gasteiger partial charge is 0.444 e. The molecule has 1 aliphatic rings. The zero-order valence-electron chi connectivity index (χ0n) is 16.1. The van der Waals surface area contributed by atoms with Crippen LogP contribution in [-0.2, 0) is 11.3 Å². The third-order valence-electron chi connectivity index (χ3n) is 4.65.